The second kappa shape index (κ2) is 8.63. The normalized spacial score (nSPS) is 15.2. The number of fused-ring (bicyclic) bond motifs is 1. The summed E-state index contributed by atoms with van der Waals surface area (Å²) in [5, 5.41) is 10.2. The molecule has 33 heavy (non-hydrogen) atoms. The fourth-order valence-electron chi connectivity index (χ4n) is 3.57. The summed E-state index contributed by atoms with van der Waals surface area (Å²) in [4.78, 5) is 12.6. The summed E-state index contributed by atoms with van der Waals surface area (Å²) in [5.74, 6) is -0.427. The molecule has 1 aliphatic rings. The lowest BCUT2D eigenvalue weighted by Gasteiger charge is -2.18. The maximum Gasteiger partial charge on any atom is 0.417 e. The molecule has 3 heterocycles. The Morgan fingerprint density at radius 2 is 1.88 bits per heavy atom. The molecule has 13 heteroatoms. The van der Waals surface area contributed by atoms with Crippen LogP contribution in [0.1, 0.15) is 34.6 Å². The number of hydrogen-bond acceptors (Lipinski definition) is 6. The molecule has 0 bridgehead atoms. The van der Waals surface area contributed by atoms with Gasteiger partial charge in [-0.25, -0.2) is 8.42 Å². The van der Waals surface area contributed by atoms with E-state index < -0.39 is 27.7 Å². The summed E-state index contributed by atoms with van der Waals surface area (Å²) in [7, 11) is -2.51. The van der Waals surface area contributed by atoms with E-state index in [0.717, 1.165) is 29.5 Å². The Morgan fingerprint density at radius 3 is 2.55 bits per heavy atom. The molecular formula is C20H20F3N5O4S. The zero-order chi connectivity index (χ0) is 23.8. The van der Waals surface area contributed by atoms with E-state index in [1.807, 2.05) is 0 Å². The van der Waals surface area contributed by atoms with E-state index in [4.69, 9.17) is 4.74 Å². The molecule has 0 unspecified atom stereocenters. The second-order valence-corrected chi connectivity index (χ2v) is 9.33. The third kappa shape index (κ3) is 4.50. The van der Waals surface area contributed by atoms with Crippen LogP contribution in [0, 0.1) is 0 Å². The van der Waals surface area contributed by atoms with Crippen LogP contribution in [0.5, 0.6) is 5.75 Å². The molecule has 4 rings (SSSR count). The summed E-state index contributed by atoms with van der Waals surface area (Å²) in [6.45, 7) is 0.561. The number of benzene rings is 1. The third-order valence-electron chi connectivity index (χ3n) is 5.32. The second-order valence-electron chi connectivity index (χ2n) is 7.42. The number of nitrogens with one attached hydrogen (secondary N) is 1. The van der Waals surface area contributed by atoms with Gasteiger partial charge in [-0.1, -0.05) is 0 Å². The zero-order valence-corrected chi connectivity index (χ0v) is 18.3. The average Bonchev–Trinajstić information content (AvgIpc) is 3.46. The number of amides is 1. The van der Waals surface area contributed by atoms with Crippen molar-refractivity contribution in [3.63, 3.8) is 0 Å². The first-order valence-corrected chi connectivity index (χ1v) is 11.4. The molecule has 1 saturated heterocycles. The van der Waals surface area contributed by atoms with Gasteiger partial charge in [0.05, 0.1) is 19.2 Å². The van der Waals surface area contributed by atoms with E-state index in [0.29, 0.717) is 13.1 Å². The Bertz CT molecular complexity index is 1300. The van der Waals surface area contributed by atoms with Crippen molar-refractivity contribution in [2.24, 2.45) is 0 Å². The van der Waals surface area contributed by atoms with Gasteiger partial charge in [0.1, 0.15) is 10.6 Å². The third-order valence-corrected chi connectivity index (χ3v) is 7.24. The highest BCUT2D eigenvalue weighted by atomic mass is 32.2. The number of methoxy groups -OCH3 is 1. The number of aromatic nitrogens is 3. The lowest BCUT2D eigenvalue weighted by atomic mass is 10.2. The van der Waals surface area contributed by atoms with Gasteiger partial charge < -0.3 is 10.1 Å². The smallest absolute Gasteiger partial charge is 0.417 e. The lowest BCUT2D eigenvalue weighted by molar-refractivity contribution is -0.137. The Morgan fingerprint density at radius 1 is 1.15 bits per heavy atom. The molecule has 0 radical (unpaired) electrons. The monoisotopic (exact) mass is 483 g/mol. The molecule has 0 atom stereocenters. The van der Waals surface area contributed by atoms with Crippen LogP contribution in [-0.2, 0) is 22.7 Å². The summed E-state index contributed by atoms with van der Waals surface area (Å²) >= 11 is 0. The number of pyridine rings is 1. The van der Waals surface area contributed by atoms with Gasteiger partial charge in [-0.15, -0.1) is 10.2 Å². The molecule has 1 amide bonds. The van der Waals surface area contributed by atoms with Crippen molar-refractivity contribution in [1.82, 2.24) is 24.2 Å². The number of sulfonamides is 1. The lowest BCUT2D eigenvalue weighted by Crippen LogP contribution is -2.29. The fraction of sp³-hybridized carbons (Fsp3) is 0.350. The van der Waals surface area contributed by atoms with E-state index in [1.54, 1.807) is 0 Å². The van der Waals surface area contributed by atoms with Gasteiger partial charge in [0.25, 0.3) is 5.91 Å². The van der Waals surface area contributed by atoms with Gasteiger partial charge in [0.2, 0.25) is 10.0 Å². The molecule has 9 nitrogen and oxygen atoms in total. The van der Waals surface area contributed by atoms with Crippen LogP contribution in [0.4, 0.5) is 13.2 Å². The minimum atomic E-state index is -4.54. The first-order chi connectivity index (χ1) is 15.6. The zero-order valence-electron chi connectivity index (χ0n) is 17.5. The van der Waals surface area contributed by atoms with E-state index >= 15 is 0 Å². The molecule has 0 spiro atoms. The van der Waals surface area contributed by atoms with Crippen LogP contribution in [0.2, 0.25) is 0 Å². The molecule has 0 saturated carbocycles. The number of alkyl halides is 3. The largest absolute Gasteiger partial charge is 0.495 e. The summed E-state index contributed by atoms with van der Waals surface area (Å²) < 4.78 is 72.7. The Balaban J connectivity index is 1.57. The highest BCUT2D eigenvalue weighted by Crippen LogP contribution is 2.30. The highest BCUT2D eigenvalue weighted by molar-refractivity contribution is 7.89. The number of ether oxygens (including phenoxy) is 1. The molecule has 1 fully saturated rings. The van der Waals surface area contributed by atoms with Crippen LogP contribution in [-0.4, -0.2) is 53.4 Å². The van der Waals surface area contributed by atoms with Crippen LogP contribution in [0.15, 0.2) is 41.4 Å². The van der Waals surface area contributed by atoms with Gasteiger partial charge in [-0.3, -0.25) is 9.20 Å². The molecular weight excluding hydrogens is 463 g/mol. The minimum absolute atomic E-state index is 0.0540. The molecule has 2 aromatic heterocycles. The first kappa shape index (κ1) is 23.0. The van der Waals surface area contributed by atoms with Gasteiger partial charge >= 0.3 is 6.18 Å². The van der Waals surface area contributed by atoms with Crippen molar-refractivity contribution in [2.75, 3.05) is 20.2 Å². The molecule has 176 valence electrons. The molecule has 3 aromatic rings. The summed E-state index contributed by atoms with van der Waals surface area (Å²) in [6.07, 6.45) is -2.18. The average molecular weight is 483 g/mol. The van der Waals surface area contributed by atoms with Gasteiger partial charge in [0, 0.05) is 24.8 Å². The number of halogens is 3. The van der Waals surface area contributed by atoms with Crippen molar-refractivity contribution in [3.8, 4) is 5.75 Å². The number of carbonyl (C=O) groups is 1. The SMILES string of the molecule is COc1ccc(C(=O)NCc2nnc3ccc(C(F)(F)F)cn23)cc1S(=O)(=O)N1CCCC1. The van der Waals surface area contributed by atoms with E-state index in [2.05, 4.69) is 15.5 Å². The van der Waals surface area contributed by atoms with Crippen LogP contribution < -0.4 is 10.1 Å². The van der Waals surface area contributed by atoms with Crippen molar-refractivity contribution in [3.05, 3.63) is 53.5 Å². The summed E-state index contributed by atoms with van der Waals surface area (Å²) in [5.41, 5.74) is -0.636. The molecule has 1 N–H and O–H groups in total. The predicted molar refractivity (Wildman–Crippen MR) is 110 cm³/mol. The first-order valence-electron chi connectivity index (χ1n) is 9.98. The van der Waals surface area contributed by atoms with E-state index in [-0.39, 0.29) is 34.2 Å². The van der Waals surface area contributed by atoms with Crippen LogP contribution >= 0.6 is 0 Å². The van der Waals surface area contributed by atoms with Crippen LogP contribution in [0.25, 0.3) is 5.65 Å². The van der Waals surface area contributed by atoms with E-state index in [1.165, 1.54) is 35.7 Å². The topological polar surface area (TPSA) is 106 Å². The van der Waals surface area contributed by atoms with Gasteiger partial charge in [0.15, 0.2) is 11.5 Å². The van der Waals surface area contributed by atoms with Gasteiger partial charge in [-0.05, 0) is 43.2 Å². The highest BCUT2D eigenvalue weighted by Gasteiger charge is 2.32. The predicted octanol–water partition coefficient (Wildman–Crippen LogP) is 2.47. The number of rotatable bonds is 6. The van der Waals surface area contributed by atoms with Crippen molar-refractivity contribution >= 4 is 21.6 Å². The Kier molecular flexibility index (Phi) is 6.01. The Labute approximate surface area is 187 Å². The fourth-order valence-corrected chi connectivity index (χ4v) is 5.27. The van der Waals surface area contributed by atoms with Gasteiger partial charge in [-0.2, -0.15) is 17.5 Å². The molecule has 0 aliphatic carbocycles. The van der Waals surface area contributed by atoms with Crippen LogP contribution in [0.3, 0.4) is 0 Å². The van der Waals surface area contributed by atoms with Crippen molar-refractivity contribution in [2.45, 2.75) is 30.5 Å². The van der Waals surface area contributed by atoms with E-state index in [9.17, 15) is 26.4 Å². The van der Waals surface area contributed by atoms with Crippen molar-refractivity contribution in [1.29, 1.82) is 0 Å². The standard InChI is InChI=1S/C20H20F3N5O4S/c1-32-15-6-4-13(10-16(15)33(30,31)27-8-2-3-9-27)19(29)24-11-18-26-25-17-7-5-14(12-28(17)18)20(21,22)23/h4-7,10,12H,2-3,8-9,11H2,1H3,(H,24,29). The van der Waals surface area contributed by atoms with Crippen molar-refractivity contribution < 1.29 is 31.1 Å². The number of nitrogens with zero attached hydrogens (tertiary/aromatic N) is 4. The maximum absolute atomic E-state index is 13.0. The maximum atomic E-state index is 13.0. The molecule has 1 aromatic carbocycles. The molecule has 1 aliphatic heterocycles. The number of carbonyl (C=O) groups excluding carboxylic acids is 1. The minimum Gasteiger partial charge on any atom is -0.495 e. The number of hydrogen-bond donors (Lipinski definition) is 1. The quantitative estimate of drug-likeness (QED) is 0.578. The Hall–Kier alpha value is -3.19. The summed E-state index contributed by atoms with van der Waals surface area (Å²) in [6, 6.07) is 6.10.